The SMILES string of the molecule is N#Cc1cccc(OCCCOCc2ccccc2Br)c1. The lowest BCUT2D eigenvalue weighted by Gasteiger charge is -2.08. The van der Waals surface area contributed by atoms with Crippen molar-refractivity contribution < 1.29 is 9.47 Å². The quantitative estimate of drug-likeness (QED) is 0.702. The summed E-state index contributed by atoms with van der Waals surface area (Å²) < 4.78 is 12.3. The van der Waals surface area contributed by atoms with Crippen LogP contribution in [0.2, 0.25) is 0 Å². The second kappa shape index (κ2) is 8.46. The Morgan fingerprint density at radius 2 is 1.90 bits per heavy atom. The Morgan fingerprint density at radius 3 is 2.71 bits per heavy atom. The van der Waals surface area contributed by atoms with Crippen LogP contribution in [-0.4, -0.2) is 13.2 Å². The van der Waals surface area contributed by atoms with Crippen LogP contribution >= 0.6 is 15.9 Å². The van der Waals surface area contributed by atoms with Crippen molar-refractivity contribution in [1.29, 1.82) is 5.26 Å². The van der Waals surface area contributed by atoms with Crippen LogP contribution < -0.4 is 4.74 Å². The highest BCUT2D eigenvalue weighted by Gasteiger charge is 1.99. The normalized spacial score (nSPS) is 10.1. The summed E-state index contributed by atoms with van der Waals surface area (Å²) in [6, 6.07) is 17.3. The van der Waals surface area contributed by atoms with E-state index in [9.17, 15) is 0 Å². The number of ether oxygens (including phenoxy) is 2. The molecule has 0 saturated carbocycles. The maximum absolute atomic E-state index is 8.80. The molecule has 0 N–H and O–H groups in total. The maximum atomic E-state index is 8.80. The van der Waals surface area contributed by atoms with Crippen molar-refractivity contribution in [2.45, 2.75) is 13.0 Å². The molecule has 2 aromatic carbocycles. The molecular formula is C17H16BrNO2. The van der Waals surface area contributed by atoms with E-state index < -0.39 is 0 Å². The van der Waals surface area contributed by atoms with Crippen LogP contribution in [-0.2, 0) is 11.3 Å². The van der Waals surface area contributed by atoms with Crippen molar-refractivity contribution in [3.05, 3.63) is 64.1 Å². The van der Waals surface area contributed by atoms with Gasteiger partial charge in [0.25, 0.3) is 0 Å². The van der Waals surface area contributed by atoms with Gasteiger partial charge < -0.3 is 9.47 Å². The van der Waals surface area contributed by atoms with Gasteiger partial charge in [-0.2, -0.15) is 5.26 Å². The topological polar surface area (TPSA) is 42.2 Å². The highest BCUT2D eigenvalue weighted by atomic mass is 79.9. The average Bonchev–Trinajstić information content (AvgIpc) is 2.52. The summed E-state index contributed by atoms with van der Waals surface area (Å²) in [6.45, 7) is 1.80. The molecule has 0 aliphatic rings. The van der Waals surface area contributed by atoms with Gasteiger partial charge in [-0.05, 0) is 29.8 Å². The van der Waals surface area contributed by atoms with Gasteiger partial charge in [0.2, 0.25) is 0 Å². The van der Waals surface area contributed by atoms with Gasteiger partial charge in [0.15, 0.2) is 0 Å². The van der Waals surface area contributed by atoms with Crippen molar-refractivity contribution in [3.8, 4) is 11.8 Å². The number of hydrogen-bond donors (Lipinski definition) is 0. The first-order chi connectivity index (χ1) is 10.3. The Morgan fingerprint density at radius 1 is 1.05 bits per heavy atom. The van der Waals surface area contributed by atoms with E-state index in [1.165, 1.54) is 0 Å². The van der Waals surface area contributed by atoms with Gasteiger partial charge in [-0.1, -0.05) is 40.2 Å². The first kappa shape index (κ1) is 15.6. The fourth-order valence-electron chi connectivity index (χ4n) is 1.80. The number of halogens is 1. The second-order valence-electron chi connectivity index (χ2n) is 4.49. The number of benzene rings is 2. The van der Waals surface area contributed by atoms with Crippen molar-refractivity contribution in [3.63, 3.8) is 0 Å². The van der Waals surface area contributed by atoms with Gasteiger partial charge in [-0.3, -0.25) is 0 Å². The van der Waals surface area contributed by atoms with Crippen LogP contribution in [0.15, 0.2) is 53.0 Å². The molecule has 0 unspecified atom stereocenters. The van der Waals surface area contributed by atoms with E-state index in [1.54, 1.807) is 12.1 Å². The van der Waals surface area contributed by atoms with E-state index in [0.29, 0.717) is 25.4 Å². The Balaban J connectivity index is 1.64. The summed E-state index contributed by atoms with van der Waals surface area (Å²) in [6.07, 6.45) is 0.807. The molecule has 0 aliphatic carbocycles. The van der Waals surface area contributed by atoms with E-state index in [0.717, 1.165) is 22.2 Å². The Labute approximate surface area is 133 Å². The Hall–Kier alpha value is -1.83. The number of rotatable bonds is 7. The van der Waals surface area contributed by atoms with Crippen molar-refractivity contribution in [1.82, 2.24) is 0 Å². The first-order valence-corrected chi connectivity index (χ1v) is 7.53. The average molecular weight is 346 g/mol. The minimum Gasteiger partial charge on any atom is -0.493 e. The van der Waals surface area contributed by atoms with Gasteiger partial charge in [0, 0.05) is 10.9 Å². The molecule has 0 aromatic heterocycles. The minimum absolute atomic E-state index is 0.574. The summed E-state index contributed by atoms with van der Waals surface area (Å²) in [5.41, 5.74) is 1.75. The molecule has 21 heavy (non-hydrogen) atoms. The predicted octanol–water partition coefficient (Wildman–Crippen LogP) is 4.31. The number of hydrogen-bond acceptors (Lipinski definition) is 3. The zero-order valence-corrected chi connectivity index (χ0v) is 13.2. The van der Waals surface area contributed by atoms with Crippen LogP contribution in [0.5, 0.6) is 5.75 Å². The zero-order valence-electron chi connectivity index (χ0n) is 11.6. The van der Waals surface area contributed by atoms with E-state index >= 15 is 0 Å². The molecule has 0 saturated heterocycles. The summed E-state index contributed by atoms with van der Waals surface area (Å²) in [5.74, 6) is 0.722. The lowest BCUT2D eigenvalue weighted by Crippen LogP contribution is -2.03. The summed E-state index contributed by atoms with van der Waals surface area (Å²) in [5, 5.41) is 8.80. The van der Waals surface area contributed by atoms with Gasteiger partial charge in [0.1, 0.15) is 5.75 Å². The lowest BCUT2D eigenvalue weighted by atomic mass is 10.2. The number of nitrogens with zero attached hydrogens (tertiary/aromatic N) is 1. The van der Waals surface area contributed by atoms with Gasteiger partial charge in [-0.15, -0.1) is 0 Å². The summed E-state index contributed by atoms with van der Waals surface area (Å²) in [4.78, 5) is 0. The molecule has 0 amide bonds. The number of nitriles is 1. The smallest absolute Gasteiger partial charge is 0.120 e. The summed E-state index contributed by atoms with van der Waals surface area (Å²) in [7, 11) is 0. The maximum Gasteiger partial charge on any atom is 0.120 e. The molecule has 4 heteroatoms. The third-order valence-electron chi connectivity index (χ3n) is 2.88. The molecule has 0 fully saturated rings. The third kappa shape index (κ3) is 5.22. The van der Waals surface area contributed by atoms with Crippen molar-refractivity contribution in [2.24, 2.45) is 0 Å². The largest absolute Gasteiger partial charge is 0.493 e. The summed E-state index contributed by atoms with van der Waals surface area (Å²) >= 11 is 3.49. The molecular weight excluding hydrogens is 330 g/mol. The van der Waals surface area contributed by atoms with Crippen molar-refractivity contribution >= 4 is 15.9 Å². The van der Waals surface area contributed by atoms with Gasteiger partial charge in [0.05, 0.1) is 31.5 Å². The van der Waals surface area contributed by atoms with E-state index in [2.05, 4.69) is 22.0 Å². The van der Waals surface area contributed by atoms with Gasteiger partial charge >= 0.3 is 0 Å². The molecule has 0 spiro atoms. The van der Waals surface area contributed by atoms with E-state index in [4.69, 9.17) is 14.7 Å². The highest BCUT2D eigenvalue weighted by Crippen LogP contribution is 2.16. The standard InChI is InChI=1S/C17H16BrNO2/c18-17-8-2-1-6-15(17)13-20-9-4-10-21-16-7-3-5-14(11-16)12-19/h1-3,5-8,11H,4,9-10,13H2. The molecule has 0 aliphatic heterocycles. The monoisotopic (exact) mass is 345 g/mol. The molecule has 0 bridgehead atoms. The zero-order chi connectivity index (χ0) is 14.9. The molecule has 0 radical (unpaired) electrons. The van der Waals surface area contributed by atoms with Gasteiger partial charge in [-0.25, -0.2) is 0 Å². The van der Waals surface area contributed by atoms with Crippen molar-refractivity contribution in [2.75, 3.05) is 13.2 Å². The van der Waals surface area contributed by atoms with E-state index in [1.807, 2.05) is 36.4 Å². The molecule has 0 atom stereocenters. The second-order valence-corrected chi connectivity index (χ2v) is 5.34. The molecule has 3 nitrogen and oxygen atoms in total. The molecule has 108 valence electrons. The third-order valence-corrected chi connectivity index (χ3v) is 3.65. The van der Waals surface area contributed by atoms with Crippen LogP contribution in [0.1, 0.15) is 17.5 Å². The minimum atomic E-state index is 0.574. The predicted molar refractivity (Wildman–Crippen MR) is 85.1 cm³/mol. The van der Waals surface area contributed by atoms with E-state index in [-0.39, 0.29) is 0 Å². The lowest BCUT2D eigenvalue weighted by molar-refractivity contribution is 0.107. The fourth-order valence-corrected chi connectivity index (χ4v) is 2.20. The Kier molecular flexibility index (Phi) is 6.26. The molecule has 2 rings (SSSR count). The van der Waals surface area contributed by atoms with Crippen LogP contribution in [0.4, 0.5) is 0 Å². The van der Waals surface area contributed by atoms with Crippen LogP contribution in [0, 0.1) is 11.3 Å². The highest BCUT2D eigenvalue weighted by molar-refractivity contribution is 9.10. The van der Waals surface area contributed by atoms with Crippen LogP contribution in [0.3, 0.4) is 0 Å². The van der Waals surface area contributed by atoms with Crippen LogP contribution in [0.25, 0.3) is 0 Å². The fraction of sp³-hybridized carbons (Fsp3) is 0.235. The molecule has 2 aromatic rings. The molecule has 0 heterocycles. The first-order valence-electron chi connectivity index (χ1n) is 6.74. The Bertz CT molecular complexity index is 622.